The molecule has 0 saturated carbocycles. The van der Waals surface area contributed by atoms with Gasteiger partial charge in [-0.25, -0.2) is 4.79 Å². The molecule has 1 atom stereocenters. The molecule has 1 aromatic rings. The number of hydrogen-bond donors (Lipinski definition) is 1. The van der Waals surface area contributed by atoms with Gasteiger partial charge in [0.05, 0.1) is 19.8 Å². The zero-order valence-corrected chi connectivity index (χ0v) is 19.1. The van der Waals surface area contributed by atoms with Gasteiger partial charge in [0.1, 0.15) is 5.60 Å². The van der Waals surface area contributed by atoms with Crippen LogP contribution in [-0.2, 0) is 9.53 Å². The van der Waals surface area contributed by atoms with Gasteiger partial charge in [0.25, 0.3) is 0 Å². The van der Waals surface area contributed by atoms with Crippen LogP contribution in [0.25, 0.3) is 0 Å². The van der Waals surface area contributed by atoms with E-state index in [1.54, 1.807) is 12.0 Å². The fraction of sp³-hybridized carbons (Fsp3) is 0.652. The largest absolute Gasteiger partial charge is 0.493 e. The van der Waals surface area contributed by atoms with Crippen LogP contribution in [0, 0.1) is 5.92 Å². The molecule has 1 aliphatic rings. The highest BCUT2D eigenvalue weighted by molar-refractivity contribution is 5.79. The van der Waals surface area contributed by atoms with E-state index in [9.17, 15) is 9.59 Å². The third-order valence-electron chi connectivity index (χ3n) is 5.03. The van der Waals surface area contributed by atoms with Crippen molar-refractivity contribution >= 4 is 12.0 Å². The number of ether oxygens (including phenoxy) is 3. The number of carbonyl (C=O) groups is 2. The lowest BCUT2D eigenvalue weighted by atomic mass is 9.95. The first-order chi connectivity index (χ1) is 14.1. The van der Waals surface area contributed by atoms with Crippen LogP contribution < -0.4 is 14.8 Å². The summed E-state index contributed by atoms with van der Waals surface area (Å²) in [5.41, 5.74) is 0.439. The van der Waals surface area contributed by atoms with E-state index in [0.717, 1.165) is 12.0 Å². The Kier molecular flexibility index (Phi) is 8.38. The monoisotopic (exact) mass is 420 g/mol. The Hall–Kier alpha value is -2.44. The van der Waals surface area contributed by atoms with Crippen molar-refractivity contribution in [1.82, 2.24) is 10.2 Å². The third-order valence-corrected chi connectivity index (χ3v) is 5.03. The van der Waals surface area contributed by atoms with Crippen LogP contribution in [0.15, 0.2) is 18.2 Å². The molecule has 1 saturated heterocycles. The van der Waals surface area contributed by atoms with E-state index in [0.29, 0.717) is 44.0 Å². The number of benzene rings is 1. The van der Waals surface area contributed by atoms with Gasteiger partial charge in [0.15, 0.2) is 11.5 Å². The van der Waals surface area contributed by atoms with Crippen molar-refractivity contribution in [3.63, 3.8) is 0 Å². The molecule has 7 heteroatoms. The quantitative estimate of drug-likeness (QED) is 0.711. The molecule has 0 bridgehead atoms. The molecule has 2 amide bonds. The number of methoxy groups -OCH3 is 1. The van der Waals surface area contributed by atoms with Crippen molar-refractivity contribution in [2.45, 2.75) is 65.5 Å². The number of nitrogens with zero attached hydrogens (tertiary/aromatic N) is 1. The molecule has 1 N–H and O–H groups in total. The molecule has 2 rings (SSSR count). The van der Waals surface area contributed by atoms with Crippen molar-refractivity contribution < 1.29 is 23.8 Å². The third kappa shape index (κ3) is 6.82. The van der Waals surface area contributed by atoms with Crippen LogP contribution in [0.4, 0.5) is 4.79 Å². The number of rotatable bonds is 7. The predicted octanol–water partition coefficient (Wildman–Crippen LogP) is 4.31. The van der Waals surface area contributed by atoms with Gasteiger partial charge in [0.2, 0.25) is 5.91 Å². The fourth-order valence-corrected chi connectivity index (χ4v) is 3.35. The molecule has 0 aromatic heterocycles. The van der Waals surface area contributed by atoms with Crippen molar-refractivity contribution in [2.24, 2.45) is 5.92 Å². The summed E-state index contributed by atoms with van der Waals surface area (Å²) in [5.74, 6) is 1.26. The molecule has 7 nitrogen and oxygen atoms in total. The lowest BCUT2D eigenvalue weighted by Gasteiger charge is -2.33. The summed E-state index contributed by atoms with van der Waals surface area (Å²) in [4.78, 5) is 26.6. The van der Waals surface area contributed by atoms with Gasteiger partial charge in [-0.15, -0.1) is 0 Å². The normalized spacial score (nSPS) is 16.0. The van der Waals surface area contributed by atoms with Crippen molar-refractivity contribution in [2.75, 3.05) is 26.8 Å². The van der Waals surface area contributed by atoms with E-state index in [2.05, 4.69) is 12.2 Å². The van der Waals surface area contributed by atoms with Gasteiger partial charge in [-0.05, 0) is 64.7 Å². The van der Waals surface area contributed by atoms with Gasteiger partial charge in [-0.2, -0.15) is 0 Å². The maximum absolute atomic E-state index is 12.7. The first-order valence-corrected chi connectivity index (χ1v) is 10.7. The fourth-order valence-electron chi connectivity index (χ4n) is 3.35. The Morgan fingerprint density at radius 2 is 1.87 bits per heavy atom. The maximum atomic E-state index is 12.7. The van der Waals surface area contributed by atoms with Crippen LogP contribution in [0.3, 0.4) is 0 Å². The van der Waals surface area contributed by atoms with Gasteiger partial charge in [-0.1, -0.05) is 13.0 Å². The molecule has 1 unspecified atom stereocenters. The Morgan fingerprint density at radius 1 is 1.20 bits per heavy atom. The van der Waals surface area contributed by atoms with Gasteiger partial charge in [-0.3, -0.25) is 4.79 Å². The summed E-state index contributed by atoms with van der Waals surface area (Å²) in [6, 6.07) is 5.58. The number of hydrogen-bond acceptors (Lipinski definition) is 5. The number of nitrogens with one attached hydrogen (secondary N) is 1. The zero-order valence-electron chi connectivity index (χ0n) is 19.1. The lowest BCUT2D eigenvalue weighted by molar-refractivity contribution is -0.127. The highest BCUT2D eigenvalue weighted by Gasteiger charge is 2.30. The van der Waals surface area contributed by atoms with E-state index in [1.807, 2.05) is 45.9 Å². The summed E-state index contributed by atoms with van der Waals surface area (Å²) in [5, 5.41) is 3.09. The van der Waals surface area contributed by atoms with Crippen LogP contribution in [0.5, 0.6) is 11.5 Å². The number of piperidine rings is 1. The lowest BCUT2D eigenvalue weighted by Crippen LogP contribution is -2.45. The molecular weight excluding hydrogens is 384 g/mol. The average Bonchev–Trinajstić information content (AvgIpc) is 2.70. The van der Waals surface area contributed by atoms with E-state index in [-0.39, 0.29) is 24.0 Å². The van der Waals surface area contributed by atoms with Crippen LogP contribution in [-0.4, -0.2) is 49.3 Å². The van der Waals surface area contributed by atoms with E-state index >= 15 is 0 Å². The molecule has 168 valence electrons. The van der Waals surface area contributed by atoms with Gasteiger partial charge >= 0.3 is 6.09 Å². The molecule has 1 aliphatic heterocycles. The summed E-state index contributed by atoms with van der Waals surface area (Å²) in [6.07, 6.45) is 1.87. The van der Waals surface area contributed by atoms with Crippen LogP contribution >= 0.6 is 0 Å². The van der Waals surface area contributed by atoms with Crippen molar-refractivity contribution in [1.29, 1.82) is 0 Å². The predicted molar refractivity (Wildman–Crippen MR) is 116 cm³/mol. The highest BCUT2D eigenvalue weighted by Crippen LogP contribution is 2.31. The Morgan fingerprint density at radius 3 is 2.43 bits per heavy atom. The first kappa shape index (κ1) is 23.8. The SMILES string of the molecule is CCCOc1ccc(C(C)NC(=O)C2CCN(C(=O)OC(C)(C)C)CC2)cc1OC. The second kappa shape index (κ2) is 10.5. The molecule has 0 spiro atoms. The van der Waals surface area contributed by atoms with E-state index < -0.39 is 5.60 Å². The van der Waals surface area contributed by atoms with Gasteiger partial charge in [0, 0.05) is 19.0 Å². The molecule has 0 radical (unpaired) electrons. The molecule has 1 fully saturated rings. The minimum absolute atomic E-state index is 0.0108. The minimum atomic E-state index is -0.515. The molecule has 1 heterocycles. The van der Waals surface area contributed by atoms with Crippen LogP contribution in [0.2, 0.25) is 0 Å². The summed E-state index contributed by atoms with van der Waals surface area (Å²) in [6.45, 7) is 11.2. The van der Waals surface area contributed by atoms with E-state index in [1.165, 1.54) is 0 Å². The molecule has 30 heavy (non-hydrogen) atoms. The van der Waals surface area contributed by atoms with Crippen molar-refractivity contribution in [3.8, 4) is 11.5 Å². The number of amides is 2. The van der Waals surface area contributed by atoms with Gasteiger partial charge < -0.3 is 24.4 Å². The highest BCUT2D eigenvalue weighted by atomic mass is 16.6. The topological polar surface area (TPSA) is 77.1 Å². The summed E-state index contributed by atoms with van der Waals surface area (Å²) < 4.78 is 16.5. The molecular formula is C23H36N2O5. The Balaban J connectivity index is 1.90. The second-order valence-corrected chi connectivity index (χ2v) is 8.73. The maximum Gasteiger partial charge on any atom is 0.410 e. The number of likely N-dealkylation sites (tertiary alicyclic amines) is 1. The van der Waals surface area contributed by atoms with E-state index in [4.69, 9.17) is 14.2 Å². The number of carbonyl (C=O) groups excluding carboxylic acids is 2. The molecule has 0 aliphatic carbocycles. The molecule has 1 aromatic carbocycles. The minimum Gasteiger partial charge on any atom is -0.493 e. The second-order valence-electron chi connectivity index (χ2n) is 8.73. The summed E-state index contributed by atoms with van der Waals surface area (Å²) in [7, 11) is 1.61. The first-order valence-electron chi connectivity index (χ1n) is 10.7. The smallest absolute Gasteiger partial charge is 0.410 e. The zero-order chi connectivity index (χ0) is 22.3. The van der Waals surface area contributed by atoms with Crippen LogP contribution in [0.1, 0.15) is 65.5 Å². The Labute approximate surface area is 180 Å². The Bertz CT molecular complexity index is 721. The summed E-state index contributed by atoms with van der Waals surface area (Å²) >= 11 is 0. The standard InChI is InChI=1S/C23H36N2O5/c1-7-14-29-19-9-8-18(15-20(19)28-6)16(2)24-21(26)17-10-12-25(13-11-17)22(27)30-23(3,4)5/h8-9,15-17H,7,10-14H2,1-6H3,(H,24,26). The average molecular weight is 421 g/mol. The van der Waals surface area contributed by atoms with Crippen molar-refractivity contribution in [3.05, 3.63) is 23.8 Å².